The molecule has 1 aromatic carbocycles. The van der Waals surface area contributed by atoms with Crippen LogP contribution in [0.4, 0.5) is 4.39 Å². The van der Waals surface area contributed by atoms with Gasteiger partial charge in [0.25, 0.3) is 0 Å². The molecule has 1 aliphatic heterocycles. The Bertz CT molecular complexity index is 1030. The molecule has 176 valence electrons. The van der Waals surface area contributed by atoms with Crippen molar-refractivity contribution in [2.75, 3.05) is 0 Å². The molecule has 1 saturated carbocycles. The Morgan fingerprint density at radius 2 is 1.88 bits per heavy atom. The molecule has 5 nitrogen and oxygen atoms in total. The first-order valence-electron chi connectivity index (χ1n) is 11.7. The number of benzene rings is 1. The van der Waals surface area contributed by atoms with Crippen LogP contribution >= 0.6 is 0 Å². The van der Waals surface area contributed by atoms with E-state index in [-0.39, 0.29) is 12.3 Å². The van der Waals surface area contributed by atoms with Crippen molar-refractivity contribution in [1.29, 1.82) is 5.26 Å². The summed E-state index contributed by atoms with van der Waals surface area (Å²) in [5.41, 5.74) is -1.50. The molecule has 33 heavy (non-hydrogen) atoms. The fourth-order valence-electron chi connectivity index (χ4n) is 4.83. The summed E-state index contributed by atoms with van der Waals surface area (Å²) in [5.74, 6) is 4.05. The lowest BCUT2D eigenvalue weighted by Gasteiger charge is -2.35. The number of aliphatic hydroxyl groups is 1. The van der Waals surface area contributed by atoms with E-state index in [0.29, 0.717) is 29.7 Å². The van der Waals surface area contributed by atoms with Crippen LogP contribution in [0.25, 0.3) is 0 Å². The van der Waals surface area contributed by atoms with Crippen LogP contribution in [-0.2, 0) is 19.7 Å². The Hall–Kier alpha value is -2.83. The molecule has 1 N–H and O–H groups in total. The van der Waals surface area contributed by atoms with Crippen molar-refractivity contribution in [1.82, 2.24) is 0 Å². The van der Waals surface area contributed by atoms with E-state index in [1.807, 2.05) is 13.8 Å². The van der Waals surface area contributed by atoms with Crippen molar-refractivity contribution < 1.29 is 23.8 Å². The molecule has 2 aliphatic rings. The number of esters is 1. The van der Waals surface area contributed by atoms with Gasteiger partial charge in [-0.1, -0.05) is 44.6 Å². The topological polar surface area (TPSA) is 79.5 Å². The Morgan fingerprint density at radius 3 is 2.42 bits per heavy atom. The Morgan fingerprint density at radius 1 is 1.21 bits per heavy atom. The summed E-state index contributed by atoms with van der Waals surface area (Å²) in [5, 5.41) is 21.2. The van der Waals surface area contributed by atoms with Crippen molar-refractivity contribution in [3.63, 3.8) is 0 Å². The molecule has 0 amide bonds. The lowest BCUT2D eigenvalue weighted by atomic mass is 9.77. The normalized spacial score (nSPS) is 19.9. The van der Waals surface area contributed by atoms with E-state index in [0.717, 1.165) is 25.7 Å². The first-order chi connectivity index (χ1) is 15.6. The minimum atomic E-state index is -1.42. The lowest BCUT2D eigenvalue weighted by Crippen LogP contribution is -2.40. The lowest BCUT2D eigenvalue weighted by molar-refractivity contribution is -0.207. The number of cyclic esters (lactones) is 1. The van der Waals surface area contributed by atoms with Gasteiger partial charge in [0.05, 0.1) is 17.6 Å². The van der Waals surface area contributed by atoms with E-state index in [9.17, 15) is 19.6 Å². The van der Waals surface area contributed by atoms with Crippen LogP contribution in [0.1, 0.15) is 83.8 Å². The van der Waals surface area contributed by atoms with Crippen LogP contribution in [0.15, 0.2) is 30.0 Å². The van der Waals surface area contributed by atoms with Crippen molar-refractivity contribution in [3.8, 4) is 17.9 Å². The summed E-state index contributed by atoms with van der Waals surface area (Å²) in [6, 6.07) is 6.90. The first kappa shape index (κ1) is 24.8. The minimum Gasteiger partial charge on any atom is -0.457 e. The molecular formula is C27H32FNO4. The second kappa shape index (κ2) is 9.57. The average molecular weight is 454 g/mol. The highest BCUT2D eigenvalue weighted by Crippen LogP contribution is 2.39. The van der Waals surface area contributed by atoms with Gasteiger partial charge < -0.3 is 14.6 Å². The SMILES string of the molecule is CCC(C#N)(CC)c1ccc(C#CC(O)(CC2=CC(=O)OC(C)(C)O2)C2CCCC2)cc1F. The summed E-state index contributed by atoms with van der Waals surface area (Å²) in [7, 11) is 0. The molecule has 0 spiro atoms. The number of ether oxygens (including phenoxy) is 2. The number of nitrogens with zero attached hydrogens (tertiary/aromatic N) is 1. The summed E-state index contributed by atoms with van der Waals surface area (Å²) < 4.78 is 25.9. The van der Waals surface area contributed by atoms with Crippen molar-refractivity contribution in [3.05, 3.63) is 47.0 Å². The summed E-state index contributed by atoms with van der Waals surface area (Å²) in [6.07, 6.45) is 5.94. The molecule has 1 unspecified atom stereocenters. The van der Waals surface area contributed by atoms with Gasteiger partial charge in [-0.05, 0) is 43.7 Å². The molecule has 1 atom stereocenters. The Kier molecular flexibility index (Phi) is 7.20. The predicted octanol–water partition coefficient (Wildman–Crippen LogP) is 5.26. The van der Waals surface area contributed by atoms with Gasteiger partial charge in [-0.3, -0.25) is 0 Å². The van der Waals surface area contributed by atoms with Crippen molar-refractivity contribution in [2.24, 2.45) is 5.92 Å². The monoisotopic (exact) mass is 453 g/mol. The molecule has 6 heteroatoms. The van der Waals surface area contributed by atoms with E-state index < -0.39 is 28.6 Å². The minimum absolute atomic E-state index is 0.0486. The van der Waals surface area contributed by atoms with Gasteiger partial charge in [0.15, 0.2) is 0 Å². The highest BCUT2D eigenvalue weighted by Gasteiger charge is 2.41. The maximum Gasteiger partial charge on any atom is 0.337 e. The summed E-state index contributed by atoms with van der Waals surface area (Å²) >= 11 is 0. The highest BCUT2D eigenvalue weighted by molar-refractivity contribution is 5.83. The van der Waals surface area contributed by atoms with Gasteiger partial charge >= 0.3 is 5.97 Å². The number of carbonyl (C=O) groups is 1. The van der Waals surface area contributed by atoms with E-state index in [1.54, 1.807) is 26.0 Å². The fraction of sp³-hybridized carbons (Fsp3) is 0.556. The zero-order valence-corrected chi connectivity index (χ0v) is 19.8. The molecular weight excluding hydrogens is 421 g/mol. The number of carbonyl (C=O) groups excluding carboxylic acids is 1. The molecule has 1 aromatic rings. The fourth-order valence-corrected chi connectivity index (χ4v) is 4.83. The molecule has 0 saturated heterocycles. The third-order valence-electron chi connectivity index (χ3n) is 6.81. The van der Waals surface area contributed by atoms with Crippen LogP contribution in [0.2, 0.25) is 0 Å². The van der Waals surface area contributed by atoms with E-state index in [2.05, 4.69) is 17.9 Å². The third-order valence-corrected chi connectivity index (χ3v) is 6.81. The van der Waals surface area contributed by atoms with Crippen LogP contribution in [0.3, 0.4) is 0 Å². The smallest absolute Gasteiger partial charge is 0.337 e. The zero-order chi connectivity index (χ0) is 24.3. The molecule has 3 rings (SSSR count). The number of halogens is 1. The predicted molar refractivity (Wildman–Crippen MR) is 122 cm³/mol. The van der Waals surface area contributed by atoms with E-state index in [4.69, 9.17) is 9.47 Å². The molecule has 0 aromatic heterocycles. The van der Waals surface area contributed by atoms with E-state index >= 15 is 0 Å². The molecule has 0 bridgehead atoms. The van der Waals surface area contributed by atoms with Gasteiger partial charge in [0.1, 0.15) is 17.2 Å². The van der Waals surface area contributed by atoms with Crippen molar-refractivity contribution >= 4 is 5.97 Å². The number of hydrogen-bond donors (Lipinski definition) is 1. The van der Waals surface area contributed by atoms with Crippen LogP contribution in [0, 0.1) is 34.9 Å². The Labute approximate surface area is 195 Å². The zero-order valence-electron chi connectivity index (χ0n) is 19.8. The number of rotatable bonds is 6. The standard InChI is InChI=1S/C27H32FNO4/c1-5-26(6-2,18-29)22-12-11-19(15-23(22)28)13-14-27(31,20-9-7-8-10-20)17-21-16-24(30)33-25(3,4)32-21/h11-12,15-16,20,31H,5-10,17H2,1-4H3. The molecule has 0 radical (unpaired) electrons. The van der Waals surface area contributed by atoms with Gasteiger partial charge in [-0.2, -0.15) is 5.26 Å². The van der Waals surface area contributed by atoms with Gasteiger partial charge in [-0.15, -0.1) is 0 Å². The number of hydrogen-bond acceptors (Lipinski definition) is 5. The largest absolute Gasteiger partial charge is 0.457 e. The van der Waals surface area contributed by atoms with E-state index in [1.165, 1.54) is 12.1 Å². The second-order valence-electron chi connectivity index (χ2n) is 9.46. The van der Waals surface area contributed by atoms with Crippen LogP contribution in [0.5, 0.6) is 0 Å². The van der Waals surface area contributed by atoms with Gasteiger partial charge in [-0.25, -0.2) is 9.18 Å². The van der Waals surface area contributed by atoms with Crippen molar-refractivity contribution in [2.45, 2.75) is 89.4 Å². The molecule has 1 heterocycles. The van der Waals surface area contributed by atoms with Crippen LogP contribution in [-0.4, -0.2) is 22.5 Å². The quantitative estimate of drug-likeness (QED) is 0.469. The third kappa shape index (κ3) is 5.40. The summed E-state index contributed by atoms with van der Waals surface area (Å²) in [4.78, 5) is 11.9. The average Bonchev–Trinajstić information content (AvgIpc) is 3.29. The second-order valence-corrected chi connectivity index (χ2v) is 9.46. The van der Waals surface area contributed by atoms with Gasteiger partial charge in [0.2, 0.25) is 5.79 Å². The first-order valence-corrected chi connectivity index (χ1v) is 11.7. The maximum absolute atomic E-state index is 15.0. The van der Waals surface area contributed by atoms with Crippen LogP contribution < -0.4 is 0 Å². The maximum atomic E-state index is 15.0. The number of nitriles is 1. The van der Waals surface area contributed by atoms with Gasteiger partial charge in [0, 0.05) is 31.4 Å². The summed E-state index contributed by atoms with van der Waals surface area (Å²) in [6.45, 7) is 7.02. The Balaban J connectivity index is 1.93. The highest BCUT2D eigenvalue weighted by atomic mass is 19.1. The molecule has 1 aliphatic carbocycles. The molecule has 1 fully saturated rings.